The Kier molecular flexibility index (Phi) is 7.81. The van der Waals surface area contributed by atoms with Crippen LogP contribution in [0.5, 0.6) is 11.5 Å². The SMILES string of the molecule is Cc1cc(C#N)cc(C)c1Oc1cc(Cl)nc(NC2CCN(Cc3ccc(S(N)(=O)=O)cc3)CC2)c1. The van der Waals surface area contributed by atoms with Crippen molar-refractivity contribution in [3.63, 3.8) is 0 Å². The molecule has 0 aliphatic carbocycles. The minimum absolute atomic E-state index is 0.121. The first-order chi connectivity index (χ1) is 17.1. The number of likely N-dealkylation sites (tertiary alicyclic amines) is 1. The molecule has 3 aromatic rings. The third kappa shape index (κ3) is 6.53. The van der Waals surface area contributed by atoms with E-state index in [9.17, 15) is 13.7 Å². The fourth-order valence-electron chi connectivity index (χ4n) is 4.39. The van der Waals surface area contributed by atoms with Crippen molar-refractivity contribution in [2.24, 2.45) is 5.14 Å². The Labute approximate surface area is 216 Å². The van der Waals surface area contributed by atoms with E-state index in [1.165, 1.54) is 0 Å². The largest absolute Gasteiger partial charge is 0.457 e. The van der Waals surface area contributed by atoms with E-state index in [2.05, 4.69) is 21.3 Å². The summed E-state index contributed by atoms with van der Waals surface area (Å²) < 4.78 is 29.0. The first-order valence-corrected chi connectivity index (χ1v) is 13.5. The Balaban J connectivity index is 1.36. The predicted octanol–water partition coefficient (Wildman–Crippen LogP) is 4.74. The highest BCUT2D eigenvalue weighted by molar-refractivity contribution is 7.89. The lowest BCUT2D eigenvalue weighted by Crippen LogP contribution is -2.38. The molecule has 8 nitrogen and oxygen atoms in total. The van der Waals surface area contributed by atoms with E-state index in [0.717, 1.165) is 49.2 Å². The highest BCUT2D eigenvalue weighted by Gasteiger charge is 2.20. The third-order valence-electron chi connectivity index (χ3n) is 6.17. The number of pyridine rings is 1. The zero-order valence-corrected chi connectivity index (χ0v) is 21.7. The summed E-state index contributed by atoms with van der Waals surface area (Å²) in [4.78, 5) is 6.87. The number of primary sulfonamides is 1. The summed E-state index contributed by atoms with van der Waals surface area (Å²) in [5, 5.41) is 18.2. The Hall–Kier alpha value is -3.16. The molecule has 0 radical (unpaired) electrons. The lowest BCUT2D eigenvalue weighted by Gasteiger charge is -2.32. The third-order valence-corrected chi connectivity index (χ3v) is 7.30. The zero-order chi connectivity index (χ0) is 25.9. The topological polar surface area (TPSA) is 121 Å². The molecule has 2 aromatic carbocycles. The van der Waals surface area contributed by atoms with E-state index in [0.29, 0.717) is 28.0 Å². The number of sulfonamides is 1. The molecule has 1 aromatic heterocycles. The number of nitrogens with one attached hydrogen (secondary N) is 1. The molecule has 2 heterocycles. The van der Waals surface area contributed by atoms with Gasteiger partial charge in [0.25, 0.3) is 0 Å². The summed E-state index contributed by atoms with van der Waals surface area (Å²) in [5.74, 6) is 1.93. The standard InChI is InChI=1S/C26H28ClN5O3S/c1-17-11-20(15-28)12-18(2)26(17)35-22-13-24(27)31-25(14-22)30-21-7-9-32(10-8-21)16-19-3-5-23(6-4-19)36(29,33)34/h3-6,11-14,21H,7-10,16H2,1-2H3,(H,30,31)(H2,29,33,34). The van der Waals surface area contributed by atoms with E-state index in [1.54, 1.807) is 42.5 Å². The number of anilines is 1. The molecule has 36 heavy (non-hydrogen) atoms. The van der Waals surface area contributed by atoms with Crippen LogP contribution in [0.4, 0.5) is 5.82 Å². The van der Waals surface area contributed by atoms with Crippen molar-refractivity contribution < 1.29 is 13.2 Å². The van der Waals surface area contributed by atoms with Crippen LogP contribution < -0.4 is 15.2 Å². The summed E-state index contributed by atoms with van der Waals surface area (Å²) in [7, 11) is -3.68. The van der Waals surface area contributed by atoms with Crippen molar-refractivity contribution in [1.82, 2.24) is 9.88 Å². The molecule has 0 atom stereocenters. The van der Waals surface area contributed by atoms with Gasteiger partial charge >= 0.3 is 0 Å². The van der Waals surface area contributed by atoms with E-state index >= 15 is 0 Å². The van der Waals surface area contributed by atoms with Gasteiger partial charge in [0, 0.05) is 37.8 Å². The van der Waals surface area contributed by atoms with Gasteiger partial charge in [0.2, 0.25) is 10.0 Å². The lowest BCUT2D eigenvalue weighted by molar-refractivity contribution is 0.211. The number of benzene rings is 2. The maximum atomic E-state index is 11.4. The van der Waals surface area contributed by atoms with Crippen LogP contribution in [-0.2, 0) is 16.6 Å². The number of rotatable bonds is 7. The van der Waals surface area contributed by atoms with E-state index < -0.39 is 10.0 Å². The van der Waals surface area contributed by atoms with Crippen LogP contribution in [0.1, 0.15) is 35.1 Å². The number of ether oxygens (including phenoxy) is 1. The second kappa shape index (κ2) is 10.8. The van der Waals surface area contributed by atoms with Crippen molar-refractivity contribution in [2.45, 2.75) is 44.2 Å². The summed E-state index contributed by atoms with van der Waals surface area (Å²) in [6, 6.07) is 16.2. The number of nitrogens with two attached hydrogens (primary N) is 1. The summed E-state index contributed by atoms with van der Waals surface area (Å²) in [6.45, 7) is 6.35. The molecular weight excluding hydrogens is 498 g/mol. The fraction of sp³-hybridized carbons (Fsp3) is 0.308. The lowest BCUT2D eigenvalue weighted by atomic mass is 10.0. The molecule has 0 saturated carbocycles. The normalized spacial score (nSPS) is 14.9. The van der Waals surface area contributed by atoms with Gasteiger partial charge in [0.1, 0.15) is 22.5 Å². The molecular formula is C26H28ClN5O3S. The molecule has 1 aliphatic rings. The number of hydrogen-bond donors (Lipinski definition) is 2. The number of nitrogens with zero attached hydrogens (tertiary/aromatic N) is 3. The molecule has 0 spiro atoms. The Bertz CT molecular complexity index is 1370. The number of aromatic nitrogens is 1. The van der Waals surface area contributed by atoms with Crippen molar-refractivity contribution in [2.75, 3.05) is 18.4 Å². The number of nitriles is 1. The fourth-order valence-corrected chi connectivity index (χ4v) is 5.10. The first-order valence-electron chi connectivity index (χ1n) is 11.6. The van der Waals surface area contributed by atoms with Crippen molar-refractivity contribution in [3.8, 4) is 17.6 Å². The van der Waals surface area contributed by atoms with Gasteiger partial charge in [-0.25, -0.2) is 18.5 Å². The summed E-state index contributed by atoms with van der Waals surface area (Å²) in [5.41, 5.74) is 3.39. The average Bonchev–Trinajstić information content (AvgIpc) is 2.82. The maximum Gasteiger partial charge on any atom is 0.238 e. The highest BCUT2D eigenvalue weighted by atomic mass is 35.5. The Morgan fingerprint density at radius 1 is 1.14 bits per heavy atom. The molecule has 3 N–H and O–H groups in total. The smallest absolute Gasteiger partial charge is 0.238 e. The van der Waals surface area contributed by atoms with Crippen LogP contribution in [0.2, 0.25) is 5.15 Å². The molecule has 10 heteroatoms. The van der Waals surface area contributed by atoms with Crippen LogP contribution in [-0.4, -0.2) is 37.4 Å². The second-order valence-corrected chi connectivity index (χ2v) is 11.0. The van der Waals surface area contributed by atoms with Gasteiger partial charge in [-0.1, -0.05) is 23.7 Å². The van der Waals surface area contributed by atoms with Crippen LogP contribution in [0.25, 0.3) is 0 Å². The van der Waals surface area contributed by atoms with E-state index in [1.807, 2.05) is 19.9 Å². The van der Waals surface area contributed by atoms with Gasteiger partial charge in [0.05, 0.1) is 16.5 Å². The minimum atomic E-state index is -3.68. The molecule has 188 valence electrons. The van der Waals surface area contributed by atoms with Crippen molar-refractivity contribution in [3.05, 3.63) is 75.9 Å². The monoisotopic (exact) mass is 525 g/mol. The van der Waals surface area contributed by atoms with Crippen LogP contribution >= 0.6 is 11.6 Å². The van der Waals surface area contributed by atoms with Gasteiger partial charge in [-0.3, -0.25) is 4.90 Å². The first kappa shape index (κ1) is 25.9. The number of halogens is 1. The Morgan fingerprint density at radius 3 is 2.36 bits per heavy atom. The summed E-state index contributed by atoms with van der Waals surface area (Å²) >= 11 is 6.29. The molecule has 1 aliphatic heterocycles. The van der Waals surface area contributed by atoms with E-state index in [-0.39, 0.29) is 10.9 Å². The predicted molar refractivity (Wildman–Crippen MR) is 140 cm³/mol. The van der Waals surface area contributed by atoms with Gasteiger partial charge in [-0.15, -0.1) is 0 Å². The quantitative estimate of drug-likeness (QED) is 0.427. The van der Waals surface area contributed by atoms with Gasteiger partial charge in [-0.05, 0) is 67.6 Å². The van der Waals surface area contributed by atoms with Crippen molar-refractivity contribution >= 4 is 27.4 Å². The molecule has 0 unspecified atom stereocenters. The number of piperidine rings is 1. The van der Waals surface area contributed by atoms with Gasteiger partial charge in [-0.2, -0.15) is 5.26 Å². The van der Waals surface area contributed by atoms with Crippen LogP contribution in [0.3, 0.4) is 0 Å². The number of aryl methyl sites for hydroxylation is 2. The second-order valence-electron chi connectivity index (χ2n) is 9.05. The zero-order valence-electron chi connectivity index (χ0n) is 20.2. The van der Waals surface area contributed by atoms with Crippen LogP contribution in [0.15, 0.2) is 53.4 Å². The molecule has 1 saturated heterocycles. The highest BCUT2D eigenvalue weighted by Crippen LogP contribution is 2.32. The molecule has 4 rings (SSSR count). The molecule has 0 amide bonds. The van der Waals surface area contributed by atoms with Crippen LogP contribution in [0, 0.1) is 25.2 Å². The minimum Gasteiger partial charge on any atom is -0.457 e. The number of hydrogen-bond acceptors (Lipinski definition) is 7. The van der Waals surface area contributed by atoms with E-state index in [4.69, 9.17) is 21.5 Å². The maximum absolute atomic E-state index is 11.4. The van der Waals surface area contributed by atoms with Crippen molar-refractivity contribution in [1.29, 1.82) is 5.26 Å². The Morgan fingerprint density at radius 2 is 1.78 bits per heavy atom. The molecule has 0 bridgehead atoms. The van der Waals surface area contributed by atoms with Gasteiger partial charge < -0.3 is 10.1 Å². The van der Waals surface area contributed by atoms with Gasteiger partial charge in [0.15, 0.2) is 0 Å². The molecule has 1 fully saturated rings. The summed E-state index contributed by atoms with van der Waals surface area (Å²) in [6.07, 6.45) is 1.85. The average molecular weight is 526 g/mol.